The molecule has 0 N–H and O–H groups in total. The normalized spacial score (nSPS) is 13.3. The second kappa shape index (κ2) is 7.82. The molecular formula is C15H17N7. The van der Waals surface area contributed by atoms with Crippen molar-refractivity contribution in [3.8, 4) is 0 Å². The quantitative estimate of drug-likeness (QED) is 0.493. The highest BCUT2D eigenvalue weighted by Crippen LogP contribution is 2.20. The number of hydrogen-bond acceptors (Lipinski definition) is 6. The van der Waals surface area contributed by atoms with E-state index in [1.165, 1.54) is 0 Å². The third-order valence-electron chi connectivity index (χ3n) is 2.99. The second-order valence-corrected chi connectivity index (χ2v) is 4.41. The van der Waals surface area contributed by atoms with Crippen LogP contribution in [0.15, 0.2) is 58.0 Å². The van der Waals surface area contributed by atoms with E-state index in [4.69, 9.17) is 0 Å². The Labute approximate surface area is 129 Å². The Morgan fingerprint density at radius 1 is 0.955 bits per heavy atom. The van der Waals surface area contributed by atoms with Gasteiger partial charge in [-0.1, -0.05) is 6.92 Å². The Kier molecular flexibility index (Phi) is 5.53. The van der Waals surface area contributed by atoms with Crippen molar-refractivity contribution in [2.45, 2.75) is 20.3 Å². The van der Waals surface area contributed by atoms with Gasteiger partial charge in [0.1, 0.15) is 17.1 Å². The maximum Gasteiger partial charge on any atom is 0.197 e. The summed E-state index contributed by atoms with van der Waals surface area (Å²) in [7, 11) is 1.64. The molecule has 7 heteroatoms. The van der Waals surface area contributed by atoms with Gasteiger partial charge in [0.2, 0.25) is 0 Å². The molecule has 2 aromatic heterocycles. The topological polar surface area (TPSA) is 88.6 Å². The van der Waals surface area contributed by atoms with Gasteiger partial charge in [-0.25, -0.2) is 4.98 Å². The Morgan fingerprint density at radius 3 is 2.09 bits per heavy atom. The largest absolute Gasteiger partial charge is 0.267 e. The molecule has 0 saturated heterocycles. The summed E-state index contributed by atoms with van der Waals surface area (Å²) < 4.78 is 0. The number of amidine groups is 1. The second-order valence-electron chi connectivity index (χ2n) is 4.41. The highest BCUT2D eigenvalue weighted by Gasteiger charge is 2.08. The van der Waals surface area contributed by atoms with E-state index >= 15 is 0 Å². The maximum atomic E-state index is 4.32. The predicted octanol–water partition coefficient (Wildman–Crippen LogP) is 2.94. The molecule has 0 amide bonds. The van der Waals surface area contributed by atoms with Crippen LogP contribution in [0.1, 0.15) is 31.7 Å². The standard InChI is InChI=1S/C15H17N7/c1-4-11(2)14(12-9-17-5-7-19-12)21-22-15(16-3)13-10-18-6-8-20-13/h5-10H,4H2,1-3H3/b14-11-,16-15?,22-21?. The SMILES string of the molecule is CC/C(C)=C(\N=NC(=NC)c1cnccn1)c1cnccn1. The van der Waals surface area contributed by atoms with Crippen molar-refractivity contribution in [3.05, 3.63) is 54.1 Å². The van der Waals surface area contributed by atoms with Gasteiger partial charge in [-0.2, -0.15) is 0 Å². The molecule has 0 spiro atoms. The fourth-order valence-electron chi connectivity index (χ4n) is 1.67. The zero-order valence-corrected chi connectivity index (χ0v) is 12.8. The molecule has 2 heterocycles. The molecule has 0 radical (unpaired) electrons. The van der Waals surface area contributed by atoms with Gasteiger partial charge in [0.15, 0.2) is 5.84 Å². The van der Waals surface area contributed by atoms with Gasteiger partial charge in [0.05, 0.1) is 12.4 Å². The van der Waals surface area contributed by atoms with Gasteiger partial charge < -0.3 is 0 Å². The van der Waals surface area contributed by atoms with Crippen LogP contribution in [0.4, 0.5) is 0 Å². The lowest BCUT2D eigenvalue weighted by Crippen LogP contribution is -2.00. The molecule has 2 aromatic rings. The minimum atomic E-state index is 0.415. The first-order valence-electron chi connectivity index (χ1n) is 6.87. The first-order chi connectivity index (χ1) is 10.8. The minimum absolute atomic E-state index is 0.415. The van der Waals surface area contributed by atoms with E-state index in [1.54, 1.807) is 44.2 Å². The van der Waals surface area contributed by atoms with Crippen molar-refractivity contribution in [1.29, 1.82) is 0 Å². The molecule has 0 bridgehead atoms. The summed E-state index contributed by atoms with van der Waals surface area (Å²) in [6.45, 7) is 4.05. The average Bonchev–Trinajstić information content (AvgIpc) is 2.60. The predicted molar refractivity (Wildman–Crippen MR) is 84.3 cm³/mol. The van der Waals surface area contributed by atoms with Crippen LogP contribution in [0, 0.1) is 0 Å². The van der Waals surface area contributed by atoms with Crippen LogP contribution in [0.2, 0.25) is 0 Å². The van der Waals surface area contributed by atoms with E-state index in [-0.39, 0.29) is 0 Å². The lowest BCUT2D eigenvalue weighted by atomic mass is 10.1. The summed E-state index contributed by atoms with van der Waals surface area (Å²) >= 11 is 0. The van der Waals surface area contributed by atoms with E-state index in [0.717, 1.165) is 12.0 Å². The van der Waals surface area contributed by atoms with Crippen LogP contribution in [-0.2, 0) is 0 Å². The molecule has 0 aliphatic heterocycles. The summed E-state index contributed by atoms with van der Waals surface area (Å²) in [5.74, 6) is 0.415. The fraction of sp³-hybridized carbons (Fsp3) is 0.267. The van der Waals surface area contributed by atoms with Crippen molar-refractivity contribution in [2.75, 3.05) is 7.05 Å². The van der Waals surface area contributed by atoms with E-state index in [2.05, 4.69) is 42.1 Å². The number of nitrogens with zero attached hydrogens (tertiary/aromatic N) is 7. The Hall–Kier alpha value is -2.83. The number of rotatable bonds is 4. The third kappa shape index (κ3) is 3.85. The van der Waals surface area contributed by atoms with Crippen LogP contribution in [0.5, 0.6) is 0 Å². The summed E-state index contributed by atoms with van der Waals surface area (Å²) in [5.41, 5.74) is 3.01. The Balaban J connectivity index is 2.36. The number of allylic oxidation sites excluding steroid dienone is 1. The highest BCUT2D eigenvalue weighted by atomic mass is 15.2. The summed E-state index contributed by atoms with van der Waals surface area (Å²) in [6, 6.07) is 0. The average molecular weight is 295 g/mol. The number of azo groups is 1. The van der Waals surface area contributed by atoms with Crippen LogP contribution >= 0.6 is 0 Å². The summed E-state index contributed by atoms with van der Waals surface area (Å²) in [4.78, 5) is 20.6. The summed E-state index contributed by atoms with van der Waals surface area (Å²) in [5, 5.41) is 8.52. The van der Waals surface area contributed by atoms with Gasteiger partial charge in [0, 0.05) is 31.8 Å². The van der Waals surface area contributed by atoms with E-state index < -0.39 is 0 Å². The van der Waals surface area contributed by atoms with Crippen molar-refractivity contribution in [1.82, 2.24) is 19.9 Å². The third-order valence-corrected chi connectivity index (χ3v) is 2.99. The molecule has 0 aliphatic rings. The van der Waals surface area contributed by atoms with Crippen molar-refractivity contribution in [3.63, 3.8) is 0 Å². The molecule has 0 saturated carbocycles. The van der Waals surface area contributed by atoms with E-state index in [0.29, 0.717) is 22.9 Å². The van der Waals surface area contributed by atoms with Gasteiger partial charge in [-0.15, -0.1) is 10.2 Å². The first-order valence-corrected chi connectivity index (χ1v) is 6.87. The zero-order chi connectivity index (χ0) is 15.8. The van der Waals surface area contributed by atoms with E-state index in [9.17, 15) is 0 Å². The van der Waals surface area contributed by atoms with Crippen LogP contribution in [0.25, 0.3) is 5.70 Å². The molecule has 2 rings (SSSR count). The lowest BCUT2D eigenvalue weighted by Gasteiger charge is -2.04. The van der Waals surface area contributed by atoms with Gasteiger partial charge in [-0.05, 0) is 18.9 Å². The van der Waals surface area contributed by atoms with Crippen LogP contribution in [-0.4, -0.2) is 32.8 Å². The van der Waals surface area contributed by atoms with E-state index in [1.807, 2.05) is 6.92 Å². The van der Waals surface area contributed by atoms with Crippen molar-refractivity contribution in [2.24, 2.45) is 15.2 Å². The molecule has 0 aromatic carbocycles. The molecule has 7 nitrogen and oxygen atoms in total. The lowest BCUT2D eigenvalue weighted by molar-refractivity contribution is 1.05. The molecular weight excluding hydrogens is 278 g/mol. The monoisotopic (exact) mass is 295 g/mol. The molecule has 0 aliphatic carbocycles. The Morgan fingerprint density at radius 2 is 1.59 bits per heavy atom. The van der Waals surface area contributed by atoms with Crippen LogP contribution in [0.3, 0.4) is 0 Å². The van der Waals surface area contributed by atoms with Gasteiger partial charge in [0.25, 0.3) is 0 Å². The summed E-state index contributed by atoms with van der Waals surface area (Å²) in [6.07, 6.45) is 10.5. The van der Waals surface area contributed by atoms with Gasteiger partial charge >= 0.3 is 0 Å². The molecule has 0 atom stereocenters. The molecule has 0 unspecified atom stereocenters. The minimum Gasteiger partial charge on any atom is -0.267 e. The number of hydrogen-bond donors (Lipinski definition) is 0. The number of aliphatic imine (C=N–C) groups is 1. The fourth-order valence-corrected chi connectivity index (χ4v) is 1.67. The van der Waals surface area contributed by atoms with Gasteiger partial charge in [-0.3, -0.25) is 19.9 Å². The van der Waals surface area contributed by atoms with Crippen LogP contribution < -0.4 is 0 Å². The van der Waals surface area contributed by atoms with Crippen molar-refractivity contribution >= 4 is 11.5 Å². The maximum absolute atomic E-state index is 4.32. The Bertz CT molecular complexity index is 690. The number of aromatic nitrogens is 4. The zero-order valence-electron chi connectivity index (χ0n) is 12.8. The molecule has 0 fully saturated rings. The first kappa shape index (κ1) is 15.6. The molecule has 112 valence electrons. The van der Waals surface area contributed by atoms with Crippen molar-refractivity contribution < 1.29 is 0 Å². The smallest absolute Gasteiger partial charge is 0.197 e. The molecule has 22 heavy (non-hydrogen) atoms. The highest BCUT2D eigenvalue weighted by molar-refractivity contribution is 5.97.